The molecule has 76 valence electrons. The number of nitrogens with one attached hydrogen (secondary N) is 1. The van der Waals surface area contributed by atoms with E-state index in [1.807, 2.05) is 0 Å². The molecule has 0 saturated heterocycles. The van der Waals surface area contributed by atoms with Crippen molar-refractivity contribution in [2.45, 2.75) is 0 Å². The van der Waals surface area contributed by atoms with Crippen molar-refractivity contribution in [1.82, 2.24) is 5.32 Å². The van der Waals surface area contributed by atoms with Gasteiger partial charge in [0.1, 0.15) is 5.75 Å². The SMILES string of the molecule is NCCNC(=O)Oc1ccc(Br)cc1. The van der Waals surface area contributed by atoms with Crippen LogP contribution in [0.2, 0.25) is 0 Å². The molecule has 0 fully saturated rings. The van der Waals surface area contributed by atoms with Gasteiger partial charge in [0.25, 0.3) is 0 Å². The molecule has 0 spiro atoms. The summed E-state index contributed by atoms with van der Waals surface area (Å²) in [4.78, 5) is 11.1. The number of hydrogen-bond donors (Lipinski definition) is 2. The van der Waals surface area contributed by atoms with Gasteiger partial charge in [-0.05, 0) is 24.3 Å². The highest BCUT2D eigenvalue weighted by Gasteiger charge is 2.01. The number of ether oxygens (including phenoxy) is 1. The Kier molecular flexibility index (Phi) is 4.42. The van der Waals surface area contributed by atoms with E-state index in [1.165, 1.54) is 0 Å². The Morgan fingerprint density at radius 1 is 1.43 bits per heavy atom. The molecular formula is C9H11BrN2O2. The third-order valence-corrected chi connectivity index (χ3v) is 1.97. The summed E-state index contributed by atoms with van der Waals surface area (Å²) in [6.07, 6.45) is -0.488. The Labute approximate surface area is 90.6 Å². The maximum absolute atomic E-state index is 11.1. The Morgan fingerprint density at radius 2 is 2.07 bits per heavy atom. The van der Waals surface area contributed by atoms with Crippen LogP contribution in [-0.2, 0) is 0 Å². The summed E-state index contributed by atoms with van der Waals surface area (Å²) in [6.45, 7) is 0.810. The first-order chi connectivity index (χ1) is 6.72. The molecule has 0 bridgehead atoms. The quantitative estimate of drug-likeness (QED) is 0.864. The molecule has 1 amide bonds. The molecule has 0 atom stereocenters. The number of carbonyl (C=O) groups is 1. The van der Waals surface area contributed by atoms with Gasteiger partial charge in [0.15, 0.2) is 0 Å². The van der Waals surface area contributed by atoms with Crippen LogP contribution in [0.3, 0.4) is 0 Å². The predicted molar refractivity (Wildman–Crippen MR) is 57.2 cm³/mol. The van der Waals surface area contributed by atoms with Crippen LogP contribution in [0, 0.1) is 0 Å². The third kappa shape index (κ3) is 3.76. The lowest BCUT2D eigenvalue weighted by Gasteiger charge is -2.04. The summed E-state index contributed by atoms with van der Waals surface area (Å²) in [6, 6.07) is 7.00. The zero-order valence-corrected chi connectivity index (χ0v) is 9.08. The van der Waals surface area contributed by atoms with Gasteiger partial charge in [-0.3, -0.25) is 0 Å². The molecule has 4 nitrogen and oxygen atoms in total. The van der Waals surface area contributed by atoms with Crippen LogP contribution in [0.1, 0.15) is 0 Å². The van der Waals surface area contributed by atoms with Crippen LogP contribution in [0.4, 0.5) is 4.79 Å². The van der Waals surface area contributed by atoms with Gasteiger partial charge < -0.3 is 15.8 Å². The lowest BCUT2D eigenvalue weighted by Crippen LogP contribution is -2.31. The zero-order chi connectivity index (χ0) is 10.4. The first kappa shape index (κ1) is 11.0. The second-order valence-corrected chi connectivity index (χ2v) is 3.47. The third-order valence-electron chi connectivity index (χ3n) is 1.44. The number of nitrogens with two attached hydrogens (primary N) is 1. The molecule has 1 rings (SSSR count). The molecule has 14 heavy (non-hydrogen) atoms. The fraction of sp³-hybridized carbons (Fsp3) is 0.222. The standard InChI is InChI=1S/C9H11BrN2O2/c10-7-1-3-8(4-2-7)14-9(13)12-6-5-11/h1-4H,5-6,11H2,(H,12,13). The van der Waals surface area contributed by atoms with E-state index in [0.29, 0.717) is 18.8 Å². The Bertz CT molecular complexity index is 300. The fourth-order valence-corrected chi connectivity index (χ4v) is 1.08. The molecule has 0 radical (unpaired) electrons. The molecule has 0 aromatic heterocycles. The molecule has 3 N–H and O–H groups in total. The predicted octanol–water partition coefficient (Wildman–Crippen LogP) is 1.50. The summed E-state index contributed by atoms with van der Waals surface area (Å²) in [5.74, 6) is 0.503. The summed E-state index contributed by atoms with van der Waals surface area (Å²) < 4.78 is 5.88. The van der Waals surface area contributed by atoms with E-state index in [1.54, 1.807) is 24.3 Å². The van der Waals surface area contributed by atoms with Crippen molar-refractivity contribution in [1.29, 1.82) is 0 Å². The molecule has 0 aliphatic heterocycles. The molecule has 0 aliphatic carbocycles. The van der Waals surface area contributed by atoms with E-state index < -0.39 is 6.09 Å². The van der Waals surface area contributed by atoms with Crippen molar-refractivity contribution >= 4 is 22.0 Å². The first-order valence-electron chi connectivity index (χ1n) is 4.13. The highest BCUT2D eigenvalue weighted by Crippen LogP contribution is 2.15. The van der Waals surface area contributed by atoms with Crippen LogP contribution < -0.4 is 15.8 Å². The maximum Gasteiger partial charge on any atom is 0.412 e. The van der Waals surface area contributed by atoms with Crippen LogP contribution in [0.5, 0.6) is 5.75 Å². The van der Waals surface area contributed by atoms with E-state index in [0.717, 1.165) is 4.47 Å². The molecule has 0 aliphatic rings. The number of halogens is 1. The number of rotatable bonds is 3. The lowest BCUT2D eigenvalue weighted by molar-refractivity contribution is 0.201. The minimum Gasteiger partial charge on any atom is -0.410 e. The highest BCUT2D eigenvalue weighted by molar-refractivity contribution is 9.10. The van der Waals surface area contributed by atoms with Crippen molar-refractivity contribution < 1.29 is 9.53 Å². The normalized spacial score (nSPS) is 9.57. The van der Waals surface area contributed by atoms with Gasteiger partial charge in [-0.1, -0.05) is 15.9 Å². The summed E-state index contributed by atoms with van der Waals surface area (Å²) in [5.41, 5.74) is 5.21. The Hall–Kier alpha value is -1.07. The van der Waals surface area contributed by atoms with Crippen LogP contribution in [-0.4, -0.2) is 19.2 Å². The average Bonchev–Trinajstić information content (AvgIpc) is 2.18. The molecule has 0 saturated carbocycles. The molecule has 0 heterocycles. The van der Waals surface area contributed by atoms with Gasteiger partial charge in [0, 0.05) is 17.6 Å². The number of hydrogen-bond acceptors (Lipinski definition) is 3. The second kappa shape index (κ2) is 5.62. The summed E-state index contributed by atoms with van der Waals surface area (Å²) in [7, 11) is 0. The van der Waals surface area contributed by atoms with Crippen LogP contribution >= 0.6 is 15.9 Å². The first-order valence-corrected chi connectivity index (χ1v) is 4.93. The van der Waals surface area contributed by atoms with Crippen molar-refractivity contribution in [3.05, 3.63) is 28.7 Å². The van der Waals surface area contributed by atoms with Crippen molar-refractivity contribution in [2.75, 3.05) is 13.1 Å². The van der Waals surface area contributed by atoms with E-state index in [2.05, 4.69) is 21.2 Å². The zero-order valence-electron chi connectivity index (χ0n) is 7.50. The smallest absolute Gasteiger partial charge is 0.410 e. The molecule has 5 heteroatoms. The van der Waals surface area contributed by atoms with E-state index in [9.17, 15) is 4.79 Å². The highest BCUT2D eigenvalue weighted by atomic mass is 79.9. The van der Waals surface area contributed by atoms with Crippen molar-refractivity contribution in [3.8, 4) is 5.75 Å². The maximum atomic E-state index is 11.1. The molecule has 0 unspecified atom stereocenters. The molecular weight excluding hydrogens is 248 g/mol. The van der Waals surface area contributed by atoms with Crippen molar-refractivity contribution in [2.24, 2.45) is 5.73 Å². The van der Waals surface area contributed by atoms with Gasteiger partial charge in [-0.25, -0.2) is 4.79 Å². The fourth-order valence-electron chi connectivity index (χ4n) is 0.820. The van der Waals surface area contributed by atoms with Crippen molar-refractivity contribution in [3.63, 3.8) is 0 Å². The van der Waals surface area contributed by atoms with Gasteiger partial charge >= 0.3 is 6.09 Å². The Balaban J connectivity index is 2.44. The largest absolute Gasteiger partial charge is 0.412 e. The molecule has 1 aromatic carbocycles. The summed E-state index contributed by atoms with van der Waals surface area (Å²) in [5, 5.41) is 2.50. The van der Waals surface area contributed by atoms with E-state index >= 15 is 0 Å². The minimum atomic E-state index is -0.488. The van der Waals surface area contributed by atoms with Gasteiger partial charge in [-0.15, -0.1) is 0 Å². The van der Waals surface area contributed by atoms with Crippen LogP contribution in [0.15, 0.2) is 28.7 Å². The molecule has 1 aromatic rings. The average molecular weight is 259 g/mol. The topological polar surface area (TPSA) is 64.3 Å². The van der Waals surface area contributed by atoms with Gasteiger partial charge in [0.2, 0.25) is 0 Å². The van der Waals surface area contributed by atoms with Crippen LogP contribution in [0.25, 0.3) is 0 Å². The van der Waals surface area contributed by atoms with Gasteiger partial charge in [0.05, 0.1) is 0 Å². The second-order valence-electron chi connectivity index (χ2n) is 2.56. The van der Waals surface area contributed by atoms with E-state index in [4.69, 9.17) is 10.5 Å². The lowest BCUT2D eigenvalue weighted by atomic mass is 10.3. The Morgan fingerprint density at radius 3 is 2.64 bits per heavy atom. The minimum absolute atomic E-state index is 0.398. The number of carbonyl (C=O) groups excluding carboxylic acids is 1. The monoisotopic (exact) mass is 258 g/mol. The summed E-state index contributed by atoms with van der Waals surface area (Å²) >= 11 is 3.28. The number of benzene rings is 1. The van der Waals surface area contributed by atoms with E-state index in [-0.39, 0.29) is 0 Å². The number of amides is 1. The van der Waals surface area contributed by atoms with Gasteiger partial charge in [-0.2, -0.15) is 0 Å².